The number of carboxylic acid groups (broad SMARTS) is 1. The van der Waals surface area contributed by atoms with E-state index in [9.17, 15) is 9.59 Å². The summed E-state index contributed by atoms with van der Waals surface area (Å²) < 4.78 is 10.9. The van der Waals surface area contributed by atoms with Crippen LogP contribution in [0.2, 0.25) is 0 Å². The van der Waals surface area contributed by atoms with Crippen molar-refractivity contribution in [2.45, 2.75) is 20.4 Å². The number of rotatable bonds is 4. The van der Waals surface area contributed by atoms with Crippen molar-refractivity contribution >= 4 is 11.9 Å². The molecule has 1 aliphatic rings. The van der Waals surface area contributed by atoms with Gasteiger partial charge in [0.1, 0.15) is 13.2 Å². The number of aliphatic carboxylic acids is 1. The van der Waals surface area contributed by atoms with Gasteiger partial charge in [-0.05, 0) is 31.5 Å². The summed E-state index contributed by atoms with van der Waals surface area (Å²) in [5, 5.41) is 11.5. The number of hydrogen-bond acceptors (Lipinski definition) is 4. The maximum atomic E-state index is 11.9. The highest BCUT2D eigenvalue weighted by molar-refractivity contribution is 6.01. The van der Waals surface area contributed by atoms with Gasteiger partial charge in [-0.1, -0.05) is 6.07 Å². The molecule has 0 unspecified atom stereocenters. The molecule has 0 fully saturated rings. The number of nitrogens with one attached hydrogen (secondary N) is 1. The fourth-order valence-electron chi connectivity index (χ4n) is 1.84. The molecule has 0 aromatic heterocycles. The van der Waals surface area contributed by atoms with Crippen molar-refractivity contribution in [1.29, 1.82) is 0 Å². The summed E-state index contributed by atoms with van der Waals surface area (Å²) in [5.74, 6) is -0.150. The maximum Gasteiger partial charge on any atom is 0.331 e. The van der Waals surface area contributed by atoms with Gasteiger partial charge in [0.25, 0.3) is 0 Å². The number of carbonyl (C=O) groups is 2. The molecule has 0 saturated carbocycles. The molecule has 1 aliphatic heterocycles. The number of benzene rings is 1. The summed E-state index contributed by atoms with van der Waals surface area (Å²) in [6.07, 6.45) is 0. The van der Waals surface area contributed by atoms with E-state index in [0.29, 0.717) is 31.3 Å². The Morgan fingerprint density at radius 3 is 2.48 bits per heavy atom. The second-order valence-electron chi connectivity index (χ2n) is 4.72. The molecule has 1 heterocycles. The third-order valence-electron chi connectivity index (χ3n) is 3.28. The van der Waals surface area contributed by atoms with Crippen LogP contribution in [0.1, 0.15) is 19.4 Å². The van der Waals surface area contributed by atoms with Crippen LogP contribution in [0.25, 0.3) is 0 Å². The third-order valence-corrected chi connectivity index (χ3v) is 3.28. The van der Waals surface area contributed by atoms with Crippen LogP contribution >= 0.6 is 0 Å². The Morgan fingerprint density at radius 2 is 1.81 bits per heavy atom. The molecule has 112 valence electrons. The van der Waals surface area contributed by atoms with Gasteiger partial charge in [0.2, 0.25) is 5.91 Å². The van der Waals surface area contributed by atoms with Crippen LogP contribution < -0.4 is 14.8 Å². The van der Waals surface area contributed by atoms with Crippen LogP contribution in [0.5, 0.6) is 11.5 Å². The molecule has 2 N–H and O–H groups in total. The normalized spacial score (nSPS) is 14.2. The molecule has 0 saturated heterocycles. The quantitative estimate of drug-likeness (QED) is 0.821. The largest absolute Gasteiger partial charge is 0.486 e. The third kappa shape index (κ3) is 3.53. The van der Waals surface area contributed by atoms with Gasteiger partial charge < -0.3 is 19.9 Å². The predicted octanol–water partition coefficient (Wildman–Crippen LogP) is 1.49. The molecule has 0 spiro atoms. The first-order valence-electron chi connectivity index (χ1n) is 6.56. The molecule has 6 nitrogen and oxygen atoms in total. The van der Waals surface area contributed by atoms with Crippen LogP contribution in [-0.2, 0) is 16.1 Å². The highest BCUT2D eigenvalue weighted by atomic mass is 16.6. The van der Waals surface area contributed by atoms with Crippen molar-refractivity contribution in [2.24, 2.45) is 0 Å². The number of fused-ring (bicyclic) bond motifs is 1. The van der Waals surface area contributed by atoms with Crippen molar-refractivity contribution < 1.29 is 24.2 Å². The molecule has 0 radical (unpaired) electrons. The average Bonchev–Trinajstić information content (AvgIpc) is 2.50. The molecule has 0 bridgehead atoms. The molecule has 1 aromatic carbocycles. The van der Waals surface area contributed by atoms with Gasteiger partial charge in [0, 0.05) is 17.7 Å². The smallest absolute Gasteiger partial charge is 0.331 e. The minimum absolute atomic E-state index is 0.0367. The molecule has 2 rings (SSSR count). The number of ether oxygens (including phenoxy) is 2. The second-order valence-corrected chi connectivity index (χ2v) is 4.72. The van der Waals surface area contributed by atoms with Crippen molar-refractivity contribution in [1.82, 2.24) is 5.32 Å². The van der Waals surface area contributed by atoms with Crippen LogP contribution in [0, 0.1) is 0 Å². The van der Waals surface area contributed by atoms with E-state index < -0.39 is 11.9 Å². The molecular formula is C15H17NO5. The highest BCUT2D eigenvalue weighted by Crippen LogP contribution is 2.30. The lowest BCUT2D eigenvalue weighted by Crippen LogP contribution is -2.25. The van der Waals surface area contributed by atoms with Gasteiger partial charge >= 0.3 is 5.97 Å². The van der Waals surface area contributed by atoms with Crippen molar-refractivity contribution in [3.05, 3.63) is 34.9 Å². The Hall–Kier alpha value is -2.50. The summed E-state index contributed by atoms with van der Waals surface area (Å²) in [6.45, 7) is 4.22. The fraction of sp³-hybridized carbons (Fsp3) is 0.333. The van der Waals surface area contributed by atoms with Crippen molar-refractivity contribution in [2.75, 3.05) is 13.2 Å². The molecule has 0 aliphatic carbocycles. The van der Waals surface area contributed by atoms with Gasteiger partial charge in [-0.3, -0.25) is 4.79 Å². The first-order valence-corrected chi connectivity index (χ1v) is 6.56. The highest BCUT2D eigenvalue weighted by Gasteiger charge is 2.14. The molecular weight excluding hydrogens is 274 g/mol. The molecule has 1 aromatic rings. The van der Waals surface area contributed by atoms with Crippen molar-refractivity contribution in [3.63, 3.8) is 0 Å². The second kappa shape index (κ2) is 6.30. The van der Waals surface area contributed by atoms with Gasteiger partial charge in [-0.15, -0.1) is 0 Å². The summed E-state index contributed by atoms with van der Waals surface area (Å²) in [6, 6.07) is 5.43. The first-order chi connectivity index (χ1) is 9.99. The van der Waals surface area contributed by atoms with Crippen LogP contribution in [0.15, 0.2) is 29.3 Å². The predicted molar refractivity (Wildman–Crippen MR) is 75.3 cm³/mol. The Kier molecular flexibility index (Phi) is 4.47. The molecule has 1 amide bonds. The Balaban J connectivity index is 2.02. The Labute approximate surface area is 122 Å². The van der Waals surface area contributed by atoms with Crippen LogP contribution in [-0.4, -0.2) is 30.2 Å². The van der Waals surface area contributed by atoms with Gasteiger partial charge in [0.05, 0.1) is 0 Å². The van der Waals surface area contributed by atoms with Gasteiger partial charge in [0.15, 0.2) is 11.5 Å². The fourth-order valence-corrected chi connectivity index (χ4v) is 1.84. The monoisotopic (exact) mass is 291 g/mol. The number of carboxylic acids is 1. The maximum absolute atomic E-state index is 11.9. The van der Waals surface area contributed by atoms with E-state index in [1.165, 1.54) is 13.8 Å². The Bertz CT molecular complexity index is 606. The van der Waals surface area contributed by atoms with E-state index in [1.807, 2.05) is 6.07 Å². The van der Waals surface area contributed by atoms with E-state index in [1.54, 1.807) is 12.1 Å². The zero-order chi connectivity index (χ0) is 15.4. The van der Waals surface area contributed by atoms with Crippen LogP contribution in [0.4, 0.5) is 0 Å². The summed E-state index contributed by atoms with van der Waals surface area (Å²) >= 11 is 0. The van der Waals surface area contributed by atoms with Crippen LogP contribution in [0.3, 0.4) is 0 Å². The molecule has 6 heteroatoms. The standard InChI is InChI=1S/C15H17NO5/c1-9(10(2)15(18)19)14(17)16-8-11-3-4-12-13(7-11)21-6-5-20-12/h3-4,7H,5-6,8H2,1-2H3,(H,16,17)(H,18,19). The summed E-state index contributed by atoms with van der Waals surface area (Å²) in [5.41, 5.74) is 1.09. The van der Waals surface area contributed by atoms with E-state index in [2.05, 4.69) is 5.32 Å². The van der Waals surface area contributed by atoms with Crippen molar-refractivity contribution in [3.8, 4) is 11.5 Å². The lowest BCUT2D eigenvalue weighted by atomic mass is 10.1. The molecule has 21 heavy (non-hydrogen) atoms. The number of carbonyl (C=O) groups excluding carboxylic acids is 1. The minimum atomic E-state index is -1.10. The molecule has 0 atom stereocenters. The van der Waals surface area contributed by atoms with E-state index in [0.717, 1.165) is 5.56 Å². The number of hydrogen-bond donors (Lipinski definition) is 2. The van der Waals surface area contributed by atoms with Gasteiger partial charge in [-0.2, -0.15) is 0 Å². The summed E-state index contributed by atoms with van der Waals surface area (Å²) in [4.78, 5) is 22.7. The minimum Gasteiger partial charge on any atom is -0.486 e. The zero-order valence-corrected chi connectivity index (χ0v) is 11.9. The topological polar surface area (TPSA) is 84.9 Å². The van der Waals surface area contributed by atoms with E-state index >= 15 is 0 Å². The van der Waals surface area contributed by atoms with E-state index in [4.69, 9.17) is 14.6 Å². The SMILES string of the molecule is CC(C(=O)O)=C(C)C(=O)NCc1ccc2c(c1)OCCO2. The number of amides is 1. The van der Waals surface area contributed by atoms with Gasteiger partial charge in [-0.25, -0.2) is 4.79 Å². The summed E-state index contributed by atoms with van der Waals surface area (Å²) in [7, 11) is 0. The Morgan fingerprint density at radius 1 is 1.14 bits per heavy atom. The van der Waals surface area contributed by atoms with E-state index in [-0.39, 0.29) is 11.1 Å². The lowest BCUT2D eigenvalue weighted by Gasteiger charge is -2.19. The zero-order valence-electron chi connectivity index (χ0n) is 11.9. The first kappa shape index (κ1) is 14.9. The average molecular weight is 291 g/mol. The lowest BCUT2D eigenvalue weighted by molar-refractivity contribution is -0.133.